The van der Waals surface area contributed by atoms with Gasteiger partial charge < -0.3 is 10.6 Å². The van der Waals surface area contributed by atoms with Gasteiger partial charge in [0.05, 0.1) is 0 Å². The van der Waals surface area contributed by atoms with Crippen LogP contribution in [0.3, 0.4) is 0 Å². The molecule has 0 spiro atoms. The Labute approximate surface area is 110 Å². The Morgan fingerprint density at radius 1 is 1.17 bits per heavy atom. The summed E-state index contributed by atoms with van der Waals surface area (Å²) in [5, 5.41) is 0. The molecule has 1 aromatic rings. The van der Waals surface area contributed by atoms with Crippen LogP contribution in [0.1, 0.15) is 38.1 Å². The largest absolute Gasteiger partial charge is 0.383 e. The first kappa shape index (κ1) is 13.1. The quantitative estimate of drug-likeness (QED) is 0.874. The number of aryl methyl sites for hydroxylation is 1. The molecule has 1 aliphatic heterocycles. The van der Waals surface area contributed by atoms with Crippen molar-refractivity contribution in [1.82, 2.24) is 9.97 Å². The summed E-state index contributed by atoms with van der Waals surface area (Å²) in [6, 6.07) is 0. The van der Waals surface area contributed by atoms with E-state index in [1.54, 1.807) is 0 Å². The maximum Gasteiger partial charge on any atom is 0.137 e. The Balaban J connectivity index is 2.15. The number of aromatic nitrogens is 2. The Hall–Kier alpha value is -1.32. The zero-order valence-corrected chi connectivity index (χ0v) is 11.9. The Bertz CT molecular complexity index is 420. The summed E-state index contributed by atoms with van der Waals surface area (Å²) >= 11 is 0. The van der Waals surface area contributed by atoms with Gasteiger partial charge >= 0.3 is 0 Å². The van der Waals surface area contributed by atoms with Crippen molar-refractivity contribution in [2.24, 2.45) is 11.8 Å². The van der Waals surface area contributed by atoms with E-state index in [2.05, 4.69) is 28.7 Å². The Morgan fingerprint density at radius 2 is 1.78 bits per heavy atom. The summed E-state index contributed by atoms with van der Waals surface area (Å²) in [5.41, 5.74) is 6.94. The van der Waals surface area contributed by atoms with Crippen LogP contribution in [0.25, 0.3) is 0 Å². The number of nitrogens with zero attached hydrogens (tertiary/aromatic N) is 3. The molecule has 0 bridgehead atoms. The maximum absolute atomic E-state index is 5.93. The number of nitrogens with two attached hydrogens (primary N) is 1. The van der Waals surface area contributed by atoms with Gasteiger partial charge in [-0.3, -0.25) is 0 Å². The number of rotatable bonds is 2. The fraction of sp³-hybridized carbons (Fsp3) is 0.714. The number of hydrogen-bond donors (Lipinski definition) is 1. The highest BCUT2D eigenvalue weighted by Gasteiger charge is 2.24. The Kier molecular flexibility index (Phi) is 3.73. The molecular formula is C14H24N4. The van der Waals surface area contributed by atoms with Gasteiger partial charge in [0.1, 0.15) is 17.5 Å². The van der Waals surface area contributed by atoms with Crippen LogP contribution >= 0.6 is 0 Å². The van der Waals surface area contributed by atoms with Crippen molar-refractivity contribution in [3.05, 3.63) is 11.4 Å². The summed E-state index contributed by atoms with van der Waals surface area (Å²) in [6.07, 6.45) is 2.50. The third-order valence-corrected chi connectivity index (χ3v) is 4.05. The number of nitrogen functional groups attached to an aromatic ring is 1. The first-order chi connectivity index (χ1) is 8.49. The lowest BCUT2D eigenvalue weighted by Gasteiger charge is -2.35. The van der Waals surface area contributed by atoms with Crippen molar-refractivity contribution in [3.8, 4) is 0 Å². The van der Waals surface area contributed by atoms with Gasteiger partial charge in [0.25, 0.3) is 0 Å². The third-order valence-electron chi connectivity index (χ3n) is 4.05. The van der Waals surface area contributed by atoms with Crippen molar-refractivity contribution in [2.45, 2.75) is 40.5 Å². The van der Waals surface area contributed by atoms with Gasteiger partial charge in [-0.2, -0.15) is 0 Å². The van der Waals surface area contributed by atoms with Crippen LogP contribution in [0.4, 0.5) is 11.6 Å². The number of anilines is 2. The third kappa shape index (κ3) is 2.57. The van der Waals surface area contributed by atoms with Crippen molar-refractivity contribution < 1.29 is 0 Å². The standard InChI is InChI=1S/C14H24N4/c1-9(2)12-5-7-18(8-6-12)14-10(3)13(15)16-11(4)17-14/h9,12H,5-8H2,1-4H3,(H2,15,16,17). The molecule has 0 amide bonds. The van der Waals surface area contributed by atoms with Crippen LogP contribution in [-0.2, 0) is 0 Å². The van der Waals surface area contributed by atoms with Gasteiger partial charge in [0.2, 0.25) is 0 Å². The van der Waals surface area contributed by atoms with Crippen LogP contribution in [0.5, 0.6) is 0 Å². The molecule has 1 aliphatic rings. The molecule has 1 saturated heterocycles. The molecule has 0 aliphatic carbocycles. The fourth-order valence-corrected chi connectivity index (χ4v) is 2.72. The van der Waals surface area contributed by atoms with Crippen LogP contribution in [-0.4, -0.2) is 23.1 Å². The first-order valence-corrected chi connectivity index (χ1v) is 6.84. The summed E-state index contributed by atoms with van der Waals surface area (Å²) in [5.74, 6) is 4.04. The summed E-state index contributed by atoms with van der Waals surface area (Å²) in [6.45, 7) is 10.7. The maximum atomic E-state index is 5.93. The zero-order valence-electron chi connectivity index (χ0n) is 11.9. The highest BCUT2D eigenvalue weighted by Crippen LogP contribution is 2.29. The van der Waals surface area contributed by atoms with Crippen molar-refractivity contribution in [3.63, 3.8) is 0 Å². The highest BCUT2D eigenvalue weighted by molar-refractivity contribution is 5.56. The monoisotopic (exact) mass is 248 g/mol. The van der Waals surface area contributed by atoms with E-state index in [1.165, 1.54) is 12.8 Å². The molecular weight excluding hydrogens is 224 g/mol. The molecule has 2 N–H and O–H groups in total. The molecule has 1 fully saturated rings. The molecule has 1 aromatic heterocycles. The van der Waals surface area contributed by atoms with Gasteiger partial charge in [-0.25, -0.2) is 9.97 Å². The van der Waals surface area contributed by atoms with E-state index < -0.39 is 0 Å². The molecule has 18 heavy (non-hydrogen) atoms. The van der Waals surface area contributed by atoms with E-state index >= 15 is 0 Å². The lowest BCUT2D eigenvalue weighted by Crippen LogP contribution is -2.36. The van der Waals surface area contributed by atoms with E-state index in [-0.39, 0.29) is 0 Å². The van der Waals surface area contributed by atoms with Gasteiger partial charge in [-0.1, -0.05) is 13.8 Å². The molecule has 4 heteroatoms. The second kappa shape index (κ2) is 5.12. The normalized spacial score (nSPS) is 17.5. The number of hydrogen-bond acceptors (Lipinski definition) is 4. The SMILES string of the molecule is Cc1nc(N)c(C)c(N2CCC(C(C)C)CC2)n1. The van der Waals surface area contributed by atoms with Gasteiger partial charge in [0, 0.05) is 18.7 Å². The van der Waals surface area contributed by atoms with Gasteiger partial charge in [-0.05, 0) is 38.5 Å². The molecule has 0 saturated carbocycles. The summed E-state index contributed by atoms with van der Waals surface area (Å²) in [4.78, 5) is 11.1. The second-order valence-corrected chi connectivity index (χ2v) is 5.67. The molecule has 2 rings (SSSR count). The fourth-order valence-electron chi connectivity index (χ4n) is 2.72. The van der Waals surface area contributed by atoms with Gasteiger partial charge in [0.15, 0.2) is 0 Å². The predicted octanol–water partition coefficient (Wildman–Crippen LogP) is 2.55. The van der Waals surface area contributed by atoms with E-state index in [9.17, 15) is 0 Å². The summed E-state index contributed by atoms with van der Waals surface area (Å²) in [7, 11) is 0. The van der Waals surface area contributed by atoms with E-state index in [0.717, 1.165) is 42.1 Å². The first-order valence-electron chi connectivity index (χ1n) is 6.84. The van der Waals surface area contributed by atoms with Crippen LogP contribution < -0.4 is 10.6 Å². The van der Waals surface area contributed by atoms with E-state index in [4.69, 9.17) is 5.73 Å². The molecule has 2 heterocycles. The van der Waals surface area contributed by atoms with Crippen molar-refractivity contribution in [2.75, 3.05) is 23.7 Å². The van der Waals surface area contributed by atoms with Crippen LogP contribution in [0.15, 0.2) is 0 Å². The second-order valence-electron chi connectivity index (χ2n) is 5.67. The van der Waals surface area contributed by atoms with Crippen LogP contribution in [0, 0.1) is 25.7 Å². The lowest BCUT2D eigenvalue weighted by molar-refractivity contribution is 0.310. The molecule has 4 nitrogen and oxygen atoms in total. The predicted molar refractivity (Wildman–Crippen MR) is 75.7 cm³/mol. The van der Waals surface area contributed by atoms with Gasteiger partial charge in [-0.15, -0.1) is 0 Å². The van der Waals surface area contributed by atoms with Crippen molar-refractivity contribution in [1.29, 1.82) is 0 Å². The van der Waals surface area contributed by atoms with Crippen LogP contribution in [0.2, 0.25) is 0 Å². The Morgan fingerprint density at radius 3 is 2.33 bits per heavy atom. The minimum absolute atomic E-state index is 0.614. The molecule has 100 valence electrons. The topological polar surface area (TPSA) is 55.0 Å². The zero-order chi connectivity index (χ0) is 13.3. The average molecular weight is 248 g/mol. The summed E-state index contributed by atoms with van der Waals surface area (Å²) < 4.78 is 0. The molecule has 0 aromatic carbocycles. The molecule has 0 unspecified atom stereocenters. The number of piperidine rings is 1. The van der Waals surface area contributed by atoms with E-state index in [1.807, 2.05) is 13.8 Å². The molecule has 0 radical (unpaired) electrons. The lowest BCUT2D eigenvalue weighted by atomic mass is 9.86. The highest BCUT2D eigenvalue weighted by atomic mass is 15.2. The molecule has 0 atom stereocenters. The minimum Gasteiger partial charge on any atom is -0.383 e. The average Bonchev–Trinajstić information content (AvgIpc) is 2.34. The minimum atomic E-state index is 0.614. The van der Waals surface area contributed by atoms with E-state index in [0.29, 0.717) is 5.82 Å². The van der Waals surface area contributed by atoms with Crippen molar-refractivity contribution >= 4 is 11.6 Å². The smallest absolute Gasteiger partial charge is 0.137 e.